The second kappa shape index (κ2) is 7.80. The lowest BCUT2D eigenvalue weighted by atomic mass is 10.1. The van der Waals surface area contributed by atoms with E-state index < -0.39 is 18.5 Å². The van der Waals surface area contributed by atoms with Gasteiger partial charge in [-0.3, -0.25) is 4.79 Å². The van der Waals surface area contributed by atoms with Crippen LogP contribution in [-0.4, -0.2) is 34.7 Å². The average molecular weight is 363 g/mol. The maximum absolute atomic E-state index is 11.4. The molecule has 25 heavy (non-hydrogen) atoms. The Kier molecular flexibility index (Phi) is 5.76. The molecule has 132 valence electrons. The number of benzene rings is 1. The summed E-state index contributed by atoms with van der Waals surface area (Å²) in [6, 6.07) is 7.32. The maximum Gasteiger partial charge on any atom is 0.349 e. The Morgan fingerprint density at radius 2 is 1.80 bits per heavy atom. The molecule has 2 aromatic rings. The van der Waals surface area contributed by atoms with E-state index >= 15 is 0 Å². The number of thiophene rings is 1. The van der Waals surface area contributed by atoms with E-state index in [9.17, 15) is 19.5 Å². The van der Waals surface area contributed by atoms with Crippen molar-refractivity contribution in [3.05, 3.63) is 40.3 Å². The summed E-state index contributed by atoms with van der Waals surface area (Å²) in [5.41, 5.74) is 2.29. The fourth-order valence-corrected chi connectivity index (χ4v) is 3.32. The minimum absolute atomic E-state index is 0.0314. The Hall–Kier alpha value is -2.87. The fraction of sp³-hybridized carbons (Fsp3) is 0.235. The second-order valence-corrected chi connectivity index (χ2v) is 6.33. The SMILES string of the molecule is CC(=O)NCc1ccc(-c2sc(C(=O)O)c(OCC(=O)O)c2C)cc1. The van der Waals surface area contributed by atoms with E-state index in [1.54, 1.807) is 6.92 Å². The van der Waals surface area contributed by atoms with Crippen molar-refractivity contribution in [1.82, 2.24) is 5.32 Å². The van der Waals surface area contributed by atoms with Crippen molar-refractivity contribution >= 4 is 29.2 Å². The van der Waals surface area contributed by atoms with Gasteiger partial charge in [-0.05, 0) is 18.1 Å². The molecule has 3 N–H and O–H groups in total. The predicted molar refractivity (Wildman–Crippen MR) is 92.1 cm³/mol. The summed E-state index contributed by atoms with van der Waals surface area (Å²) < 4.78 is 5.16. The molecule has 1 aromatic heterocycles. The van der Waals surface area contributed by atoms with Gasteiger partial charge in [0.15, 0.2) is 11.5 Å². The van der Waals surface area contributed by atoms with E-state index in [0.717, 1.165) is 22.5 Å². The number of carboxylic acids is 2. The Bertz CT molecular complexity index is 809. The van der Waals surface area contributed by atoms with Gasteiger partial charge in [0.25, 0.3) is 0 Å². The maximum atomic E-state index is 11.4. The molecule has 0 saturated heterocycles. The number of aromatic carboxylic acids is 1. The van der Waals surface area contributed by atoms with Gasteiger partial charge < -0.3 is 20.3 Å². The largest absolute Gasteiger partial charge is 0.480 e. The number of aliphatic carboxylic acids is 1. The molecule has 0 saturated carbocycles. The van der Waals surface area contributed by atoms with Gasteiger partial charge in [-0.2, -0.15) is 0 Å². The van der Waals surface area contributed by atoms with Gasteiger partial charge in [-0.15, -0.1) is 11.3 Å². The molecule has 1 amide bonds. The van der Waals surface area contributed by atoms with Gasteiger partial charge in [0.05, 0.1) is 0 Å². The van der Waals surface area contributed by atoms with Gasteiger partial charge in [0.1, 0.15) is 5.75 Å². The van der Waals surface area contributed by atoms with Crippen LogP contribution < -0.4 is 10.1 Å². The molecule has 0 unspecified atom stereocenters. The van der Waals surface area contributed by atoms with Crippen LogP contribution in [0.5, 0.6) is 5.75 Å². The lowest BCUT2D eigenvalue weighted by Gasteiger charge is -2.06. The van der Waals surface area contributed by atoms with Gasteiger partial charge >= 0.3 is 11.9 Å². The van der Waals surface area contributed by atoms with Gasteiger partial charge in [-0.25, -0.2) is 9.59 Å². The normalized spacial score (nSPS) is 10.3. The fourth-order valence-electron chi connectivity index (χ4n) is 2.22. The Labute approximate surface area is 147 Å². The summed E-state index contributed by atoms with van der Waals surface area (Å²) in [5.74, 6) is -2.38. The number of nitrogens with one attached hydrogen (secondary N) is 1. The van der Waals surface area contributed by atoms with Crippen LogP contribution in [0.15, 0.2) is 24.3 Å². The molecule has 0 aliphatic carbocycles. The molecule has 0 fully saturated rings. The zero-order valence-electron chi connectivity index (χ0n) is 13.7. The molecule has 8 heteroatoms. The summed E-state index contributed by atoms with van der Waals surface area (Å²) in [6.45, 7) is 2.94. The van der Waals surface area contributed by atoms with Crippen LogP contribution in [0.4, 0.5) is 0 Å². The highest BCUT2D eigenvalue weighted by atomic mass is 32.1. The first-order valence-corrected chi connectivity index (χ1v) is 8.16. The first kappa shape index (κ1) is 18.5. The quantitative estimate of drug-likeness (QED) is 0.697. The van der Waals surface area contributed by atoms with Gasteiger partial charge in [0.2, 0.25) is 5.91 Å². The summed E-state index contributed by atoms with van der Waals surface area (Å²) in [4.78, 5) is 33.7. The second-order valence-electron chi connectivity index (χ2n) is 5.31. The van der Waals surface area contributed by atoms with Gasteiger partial charge in [0, 0.05) is 23.9 Å². The highest BCUT2D eigenvalue weighted by Gasteiger charge is 2.23. The lowest BCUT2D eigenvalue weighted by molar-refractivity contribution is -0.139. The van der Waals surface area contributed by atoms with Gasteiger partial charge in [-0.1, -0.05) is 24.3 Å². The van der Waals surface area contributed by atoms with Crippen LogP contribution in [0.3, 0.4) is 0 Å². The van der Waals surface area contributed by atoms with Crippen LogP contribution >= 0.6 is 11.3 Å². The highest BCUT2D eigenvalue weighted by molar-refractivity contribution is 7.18. The first-order valence-electron chi connectivity index (χ1n) is 7.34. The van der Waals surface area contributed by atoms with E-state index in [1.807, 2.05) is 24.3 Å². The number of rotatable bonds is 7. The molecule has 2 rings (SSSR count). The molecule has 0 radical (unpaired) electrons. The molecule has 7 nitrogen and oxygen atoms in total. The molecule has 0 aliphatic rings. The first-order chi connectivity index (χ1) is 11.8. The van der Waals surface area contributed by atoms with Crippen LogP contribution in [-0.2, 0) is 16.1 Å². The van der Waals surface area contributed by atoms with E-state index in [4.69, 9.17) is 9.84 Å². The van der Waals surface area contributed by atoms with Crippen molar-refractivity contribution in [2.75, 3.05) is 6.61 Å². The molecular formula is C17H17NO6S. The number of amides is 1. The number of hydrogen-bond acceptors (Lipinski definition) is 5. The third kappa shape index (κ3) is 4.57. The van der Waals surface area contributed by atoms with Crippen molar-refractivity contribution in [3.63, 3.8) is 0 Å². The van der Waals surface area contributed by atoms with Crippen molar-refractivity contribution in [2.24, 2.45) is 0 Å². The van der Waals surface area contributed by atoms with Crippen molar-refractivity contribution < 1.29 is 29.3 Å². The van der Waals surface area contributed by atoms with Crippen molar-refractivity contribution in [2.45, 2.75) is 20.4 Å². The Morgan fingerprint density at radius 3 is 2.32 bits per heavy atom. The summed E-state index contributed by atoms with van der Waals surface area (Å²) in [6.07, 6.45) is 0. The summed E-state index contributed by atoms with van der Waals surface area (Å²) >= 11 is 1.04. The Morgan fingerprint density at radius 1 is 1.16 bits per heavy atom. The monoisotopic (exact) mass is 363 g/mol. The van der Waals surface area contributed by atoms with Crippen LogP contribution in [0.1, 0.15) is 27.7 Å². The van der Waals surface area contributed by atoms with E-state index in [1.165, 1.54) is 6.92 Å². The van der Waals surface area contributed by atoms with Crippen molar-refractivity contribution in [3.8, 4) is 16.2 Å². The molecular weight excluding hydrogens is 346 g/mol. The predicted octanol–water partition coefficient (Wildman–Crippen LogP) is 2.52. The zero-order chi connectivity index (χ0) is 18.6. The lowest BCUT2D eigenvalue weighted by Crippen LogP contribution is -2.18. The number of hydrogen-bond donors (Lipinski definition) is 3. The minimum Gasteiger partial charge on any atom is -0.480 e. The van der Waals surface area contributed by atoms with E-state index in [-0.39, 0.29) is 16.5 Å². The average Bonchev–Trinajstić information content (AvgIpc) is 2.88. The number of carbonyl (C=O) groups is 3. The van der Waals surface area contributed by atoms with E-state index in [2.05, 4.69) is 5.32 Å². The topological polar surface area (TPSA) is 113 Å². The molecule has 1 heterocycles. The molecule has 0 bridgehead atoms. The number of carboxylic acid groups (broad SMARTS) is 2. The standard InChI is InChI=1S/C17H17NO6S/c1-9-14(24-8-13(20)21)16(17(22)23)25-15(9)12-5-3-11(4-6-12)7-18-10(2)19/h3-6H,7-8H2,1-2H3,(H,18,19)(H,20,21)(H,22,23). The summed E-state index contributed by atoms with van der Waals surface area (Å²) in [7, 11) is 0. The minimum atomic E-state index is -1.18. The zero-order valence-corrected chi connectivity index (χ0v) is 14.5. The van der Waals surface area contributed by atoms with Crippen molar-refractivity contribution in [1.29, 1.82) is 0 Å². The molecule has 0 atom stereocenters. The third-order valence-electron chi connectivity index (χ3n) is 3.38. The highest BCUT2D eigenvalue weighted by Crippen LogP contribution is 2.41. The molecule has 1 aromatic carbocycles. The molecule has 0 spiro atoms. The molecule has 0 aliphatic heterocycles. The van der Waals surface area contributed by atoms with Crippen LogP contribution in [0.25, 0.3) is 10.4 Å². The number of carbonyl (C=O) groups excluding carboxylic acids is 1. The van der Waals surface area contributed by atoms with Crippen LogP contribution in [0, 0.1) is 6.92 Å². The Balaban J connectivity index is 2.32. The smallest absolute Gasteiger partial charge is 0.349 e. The van der Waals surface area contributed by atoms with Crippen LogP contribution in [0.2, 0.25) is 0 Å². The summed E-state index contributed by atoms with van der Waals surface area (Å²) in [5, 5.41) is 20.8. The number of ether oxygens (including phenoxy) is 1. The van der Waals surface area contributed by atoms with E-state index in [0.29, 0.717) is 17.0 Å². The third-order valence-corrected chi connectivity index (χ3v) is 4.69.